The van der Waals surface area contributed by atoms with Gasteiger partial charge in [0.2, 0.25) is 0 Å². The van der Waals surface area contributed by atoms with Gasteiger partial charge in [0.05, 0.1) is 22.6 Å². The first kappa shape index (κ1) is 13.2. The van der Waals surface area contributed by atoms with Crippen molar-refractivity contribution in [1.29, 1.82) is 0 Å². The van der Waals surface area contributed by atoms with Crippen LogP contribution in [0, 0.1) is 0 Å². The maximum absolute atomic E-state index is 12.0. The van der Waals surface area contributed by atoms with Gasteiger partial charge < -0.3 is 4.42 Å². The van der Waals surface area contributed by atoms with E-state index in [2.05, 4.69) is 25.8 Å². The molecule has 2 rings (SSSR count). The minimum absolute atomic E-state index is 0.153. The van der Waals surface area contributed by atoms with Crippen molar-refractivity contribution in [3.05, 3.63) is 29.2 Å². The van der Waals surface area contributed by atoms with E-state index in [1.165, 1.54) is 18.5 Å². The lowest BCUT2D eigenvalue weighted by molar-refractivity contribution is 0.449. The van der Waals surface area contributed by atoms with Gasteiger partial charge in [-0.3, -0.25) is 9.40 Å². The SMILES string of the molecule is CC(C)n1cc(NS(=O)(=O)c2occc2Br)cn1. The Morgan fingerprint density at radius 2 is 2.22 bits per heavy atom. The van der Waals surface area contributed by atoms with E-state index in [9.17, 15) is 8.42 Å². The van der Waals surface area contributed by atoms with Crippen molar-refractivity contribution in [2.75, 3.05) is 4.72 Å². The quantitative estimate of drug-likeness (QED) is 0.932. The minimum atomic E-state index is -3.73. The summed E-state index contributed by atoms with van der Waals surface area (Å²) in [7, 11) is -3.73. The number of nitrogens with one attached hydrogen (secondary N) is 1. The van der Waals surface area contributed by atoms with Crippen LogP contribution in [0.3, 0.4) is 0 Å². The molecule has 8 heteroatoms. The van der Waals surface area contributed by atoms with Crippen LogP contribution < -0.4 is 4.72 Å². The second-order valence-electron chi connectivity index (χ2n) is 3.96. The Labute approximate surface area is 113 Å². The highest BCUT2D eigenvalue weighted by Gasteiger charge is 2.22. The molecule has 0 saturated carbocycles. The third kappa shape index (κ3) is 2.59. The van der Waals surface area contributed by atoms with Gasteiger partial charge in [0.25, 0.3) is 15.1 Å². The van der Waals surface area contributed by atoms with Crippen LogP contribution in [0.1, 0.15) is 19.9 Å². The standard InChI is InChI=1S/C10H12BrN3O3S/c1-7(2)14-6-8(5-12-14)13-18(15,16)10-9(11)3-4-17-10/h3-7,13H,1-2H3. The summed E-state index contributed by atoms with van der Waals surface area (Å²) in [5, 5.41) is 3.90. The zero-order valence-electron chi connectivity index (χ0n) is 9.79. The van der Waals surface area contributed by atoms with Crippen LogP contribution in [-0.4, -0.2) is 18.2 Å². The molecule has 0 aromatic carbocycles. The monoisotopic (exact) mass is 333 g/mol. The second kappa shape index (κ2) is 4.77. The molecule has 18 heavy (non-hydrogen) atoms. The van der Waals surface area contributed by atoms with E-state index >= 15 is 0 Å². The molecule has 1 N–H and O–H groups in total. The van der Waals surface area contributed by atoms with Crippen molar-refractivity contribution in [2.24, 2.45) is 0 Å². The van der Waals surface area contributed by atoms with Crippen molar-refractivity contribution in [1.82, 2.24) is 9.78 Å². The highest BCUT2D eigenvalue weighted by atomic mass is 79.9. The fourth-order valence-corrected chi connectivity index (χ4v) is 3.20. The van der Waals surface area contributed by atoms with Crippen molar-refractivity contribution < 1.29 is 12.8 Å². The normalized spacial score (nSPS) is 12.0. The summed E-state index contributed by atoms with van der Waals surface area (Å²) in [6.07, 6.45) is 4.38. The van der Waals surface area contributed by atoms with E-state index in [1.54, 1.807) is 10.9 Å². The predicted molar refractivity (Wildman–Crippen MR) is 69.8 cm³/mol. The number of sulfonamides is 1. The van der Waals surface area contributed by atoms with E-state index in [4.69, 9.17) is 4.42 Å². The lowest BCUT2D eigenvalue weighted by Gasteiger charge is -2.04. The van der Waals surface area contributed by atoms with Gasteiger partial charge in [0.15, 0.2) is 0 Å². The number of aromatic nitrogens is 2. The summed E-state index contributed by atoms with van der Waals surface area (Å²) in [6.45, 7) is 3.91. The van der Waals surface area contributed by atoms with Gasteiger partial charge in [-0.25, -0.2) is 0 Å². The molecule has 0 aliphatic rings. The third-order valence-electron chi connectivity index (χ3n) is 2.21. The van der Waals surface area contributed by atoms with Gasteiger partial charge in [-0.2, -0.15) is 13.5 Å². The maximum atomic E-state index is 12.0. The zero-order chi connectivity index (χ0) is 13.3. The number of halogens is 1. The van der Waals surface area contributed by atoms with Crippen LogP contribution in [0.2, 0.25) is 0 Å². The van der Waals surface area contributed by atoms with Gasteiger partial charge in [0.1, 0.15) is 0 Å². The first-order valence-electron chi connectivity index (χ1n) is 5.20. The van der Waals surface area contributed by atoms with Crippen molar-refractivity contribution in [3.63, 3.8) is 0 Å². The molecule has 2 heterocycles. The second-order valence-corrected chi connectivity index (χ2v) is 6.40. The molecular weight excluding hydrogens is 322 g/mol. The molecule has 0 unspecified atom stereocenters. The smallest absolute Gasteiger partial charge is 0.296 e. The van der Waals surface area contributed by atoms with Crippen LogP contribution in [0.15, 0.2) is 38.7 Å². The van der Waals surface area contributed by atoms with Crippen LogP contribution in [0.4, 0.5) is 5.69 Å². The Morgan fingerprint density at radius 1 is 1.50 bits per heavy atom. The van der Waals surface area contributed by atoms with E-state index in [-0.39, 0.29) is 11.1 Å². The topological polar surface area (TPSA) is 77.1 Å². The van der Waals surface area contributed by atoms with E-state index in [0.29, 0.717) is 10.2 Å². The fraction of sp³-hybridized carbons (Fsp3) is 0.300. The minimum Gasteiger partial charge on any atom is -0.450 e. The lowest BCUT2D eigenvalue weighted by Crippen LogP contribution is -2.12. The lowest BCUT2D eigenvalue weighted by atomic mass is 10.4. The largest absolute Gasteiger partial charge is 0.450 e. The maximum Gasteiger partial charge on any atom is 0.296 e. The first-order valence-corrected chi connectivity index (χ1v) is 7.48. The number of hydrogen-bond acceptors (Lipinski definition) is 4. The molecule has 0 aliphatic carbocycles. The summed E-state index contributed by atoms with van der Waals surface area (Å²) in [5.74, 6) is 0. The molecule has 0 radical (unpaired) electrons. The summed E-state index contributed by atoms with van der Waals surface area (Å²) in [4.78, 5) is 0. The Morgan fingerprint density at radius 3 is 2.72 bits per heavy atom. The average Bonchev–Trinajstić information content (AvgIpc) is 2.86. The van der Waals surface area contributed by atoms with Crippen LogP contribution in [0.5, 0.6) is 0 Å². The third-order valence-corrected chi connectivity index (χ3v) is 4.41. The van der Waals surface area contributed by atoms with Crippen LogP contribution >= 0.6 is 15.9 Å². The van der Waals surface area contributed by atoms with Gasteiger partial charge >= 0.3 is 0 Å². The summed E-state index contributed by atoms with van der Waals surface area (Å²) in [6, 6.07) is 1.69. The van der Waals surface area contributed by atoms with Gasteiger partial charge in [-0.1, -0.05) is 0 Å². The van der Waals surface area contributed by atoms with E-state index in [1.807, 2.05) is 13.8 Å². The molecule has 98 valence electrons. The molecule has 0 bridgehead atoms. The number of anilines is 1. The average molecular weight is 334 g/mol. The van der Waals surface area contributed by atoms with Crippen LogP contribution in [-0.2, 0) is 10.0 Å². The number of furan rings is 1. The van der Waals surface area contributed by atoms with Crippen molar-refractivity contribution in [3.8, 4) is 0 Å². The summed E-state index contributed by atoms with van der Waals surface area (Å²) < 4.78 is 33.4. The molecule has 0 saturated heterocycles. The molecule has 0 atom stereocenters. The fourth-order valence-electron chi connectivity index (χ4n) is 1.35. The van der Waals surface area contributed by atoms with Crippen molar-refractivity contribution >= 4 is 31.6 Å². The highest BCUT2D eigenvalue weighted by Crippen LogP contribution is 2.25. The van der Waals surface area contributed by atoms with E-state index < -0.39 is 10.0 Å². The molecule has 0 fully saturated rings. The Bertz CT molecular complexity index is 645. The molecule has 0 aliphatic heterocycles. The van der Waals surface area contributed by atoms with Crippen LogP contribution in [0.25, 0.3) is 0 Å². The summed E-state index contributed by atoms with van der Waals surface area (Å²) in [5.41, 5.74) is 0.395. The van der Waals surface area contributed by atoms with E-state index in [0.717, 1.165) is 0 Å². The molecule has 2 aromatic rings. The Kier molecular flexibility index (Phi) is 3.49. The molecular formula is C10H12BrN3O3S. The number of hydrogen-bond donors (Lipinski definition) is 1. The zero-order valence-corrected chi connectivity index (χ0v) is 12.2. The first-order chi connectivity index (χ1) is 8.40. The molecule has 6 nitrogen and oxygen atoms in total. The predicted octanol–water partition coefficient (Wildman–Crippen LogP) is 2.62. The molecule has 2 aromatic heterocycles. The van der Waals surface area contributed by atoms with Gasteiger partial charge in [0, 0.05) is 12.2 Å². The Hall–Kier alpha value is -1.28. The molecule has 0 spiro atoms. The number of nitrogens with zero attached hydrogens (tertiary/aromatic N) is 2. The highest BCUT2D eigenvalue weighted by molar-refractivity contribution is 9.10. The van der Waals surface area contributed by atoms with Crippen molar-refractivity contribution in [2.45, 2.75) is 25.0 Å². The van der Waals surface area contributed by atoms with Gasteiger partial charge in [-0.15, -0.1) is 0 Å². The Balaban J connectivity index is 2.25. The molecule has 0 amide bonds. The number of rotatable bonds is 4. The summed E-state index contributed by atoms with van der Waals surface area (Å²) >= 11 is 3.11. The van der Waals surface area contributed by atoms with Gasteiger partial charge in [-0.05, 0) is 35.8 Å².